The number of aryl methyl sites for hydroxylation is 1. The number of nitrogens with one attached hydrogen (secondary N) is 2. The van der Waals surface area contributed by atoms with Crippen LogP contribution in [0.1, 0.15) is 5.69 Å². The highest BCUT2D eigenvalue weighted by atomic mass is 16.2. The first-order valence-corrected chi connectivity index (χ1v) is 5.98. The fourth-order valence-electron chi connectivity index (χ4n) is 1.56. The van der Waals surface area contributed by atoms with Crippen LogP contribution in [0.4, 0.5) is 5.69 Å². The molecule has 5 nitrogen and oxygen atoms in total. The van der Waals surface area contributed by atoms with Gasteiger partial charge in [0.25, 0.3) is 5.91 Å². The molecule has 0 aliphatic heterocycles. The van der Waals surface area contributed by atoms with Gasteiger partial charge in [-0.3, -0.25) is 4.79 Å². The summed E-state index contributed by atoms with van der Waals surface area (Å²) in [4.78, 5) is 11.5. The van der Waals surface area contributed by atoms with Gasteiger partial charge in [-0.15, -0.1) is 0 Å². The minimum absolute atomic E-state index is 0.186. The van der Waals surface area contributed by atoms with Crippen molar-refractivity contribution in [3.8, 4) is 0 Å². The van der Waals surface area contributed by atoms with Gasteiger partial charge in [0.15, 0.2) is 0 Å². The Kier molecular flexibility index (Phi) is 4.34. The van der Waals surface area contributed by atoms with Crippen molar-refractivity contribution in [2.75, 3.05) is 11.9 Å². The first-order valence-electron chi connectivity index (χ1n) is 5.98. The maximum absolute atomic E-state index is 11.5. The summed E-state index contributed by atoms with van der Waals surface area (Å²) in [5, 5.41) is 6.91. The van der Waals surface area contributed by atoms with Crippen LogP contribution in [-0.4, -0.2) is 23.2 Å². The van der Waals surface area contributed by atoms with Crippen molar-refractivity contribution in [1.82, 2.24) is 9.99 Å². The number of amides is 1. The molecule has 5 heteroatoms. The van der Waals surface area contributed by atoms with E-state index in [1.54, 1.807) is 6.21 Å². The Labute approximate surface area is 111 Å². The second-order valence-corrected chi connectivity index (χ2v) is 4.06. The average Bonchev–Trinajstić information content (AvgIpc) is 2.83. The molecule has 0 fully saturated rings. The number of hydrazone groups is 1. The fourth-order valence-corrected chi connectivity index (χ4v) is 1.56. The Bertz CT molecular complexity index is 560. The minimum atomic E-state index is -0.186. The van der Waals surface area contributed by atoms with E-state index >= 15 is 0 Å². The molecule has 2 rings (SSSR count). The van der Waals surface area contributed by atoms with Gasteiger partial charge in [-0.2, -0.15) is 5.10 Å². The smallest absolute Gasteiger partial charge is 0.259 e. The molecule has 98 valence electrons. The number of hydrogen-bond acceptors (Lipinski definition) is 3. The van der Waals surface area contributed by atoms with Gasteiger partial charge >= 0.3 is 0 Å². The van der Waals surface area contributed by atoms with Crippen LogP contribution in [-0.2, 0) is 11.8 Å². The van der Waals surface area contributed by atoms with Crippen molar-refractivity contribution in [2.45, 2.75) is 0 Å². The van der Waals surface area contributed by atoms with Crippen molar-refractivity contribution in [2.24, 2.45) is 12.1 Å². The monoisotopic (exact) mass is 256 g/mol. The van der Waals surface area contributed by atoms with Crippen LogP contribution < -0.4 is 10.7 Å². The van der Waals surface area contributed by atoms with E-state index in [1.807, 2.05) is 60.3 Å². The van der Waals surface area contributed by atoms with Crippen molar-refractivity contribution in [3.63, 3.8) is 0 Å². The first-order chi connectivity index (χ1) is 9.25. The molecule has 0 spiro atoms. The summed E-state index contributed by atoms with van der Waals surface area (Å²) in [7, 11) is 1.92. The molecule has 0 saturated heterocycles. The Balaban J connectivity index is 1.76. The predicted molar refractivity (Wildman–Crippen MR) is 76.1 cm³/mol. The third-order valence-corrected chi connectivity index (χ3v) is 2.60. The van der Waals surface area contributed by atoms with Crippen LogP contribution >= 0.6 is 0 Å². The lowest BCUT2D eigenvalue weighted by Crippen LogP contribution is -2.25. The Morgan fingerprint density at radius 1 is 1.26 bits per heavy atom. The molecule has 0 atom stereocenters. The zero-order valence-electron chi connectivity index (χ0n) is 10.7. The van der Waals surface area contributed by atoms with Crippen molar-refractivity contribution in [1.29, 1.82) is 0 Å². The van der Waals surface area contributed by atoms with Gasteiger partial charge in [0.2, 0.25) is 0 Å². The lowest BCUT2D eigenvalue weighted by Gasteiger charge is -2.04. The number of nitrogens with zero attached hydrogens (tertiary/aromatic N) is 2. The zero-order chi connectivity index (χ0) is 13.5. The molecule has 0 unspecified atom stereocenters. The SMILES string of the molecule is Cn1cccc1/C=N\NC(=O)CNc1ccccc1. The topological polar surface area (TPSA) is 58.4 Å². The molecular weight excluding hydrogens is 240 g/mol. The third kappa shape index (κ3) is 3.99. The number of aromatic nitrogens is 1. The number of anilines is 1. The maximum atomic E-state index is 11.5. The van der Waals surface area contributed by atoms with Crippen molar-refractivity contribution < 1.29 is 4.79 Å². The molecule has 0 aliphatic rings. The first kappa shape index (κ1) is 12.9. The Morgan fingerprint density at radius 2 is 2.05 bits per heavy atom. The average molecular weight is 256 g/mol. The van der Waals surface area contributed by atoms with Crippen molar-refractivity contribution in [3.05, 3.63) is 54.4 Å². The van der Waals surface area contributed by atoms with Gasteiger partial charge in [-0.25, -0.2) is 5.43 Å². The van der Waals surface area contributed by atoms with E-state index in [1.165, 1.54) is 0 Å². The van der Waals surface area contributed by atoms with Gasteiger partial charge in [0.1, 0.15) is 0 Å². The Morgan fingerprint density at radius 3 is 2.74 bits per heavy atom. The normalized spacial score (nSPS) is 10.6. The molecule has 0 saturated carbocycles. The van der Waals surface area contributed by atoms with Gasteiger partial charge in [-0.05, 0) is 24.3 Å². The van der Waals surface area contributed by atoms with E-state index in [2.05, 4.69) is 15.8 Å². The highest BCUT2D eigenvalue weighted by molar-refractivity contribution is 5.83. The van der Waals surface area contributed by atoms with E-state index in [-0.39, 0.29) is 12.5 Å². The number of rotatable bonds is 5. The second kappa shape index (κ2) is 6.39. The van der Waals surface area contributed by atoms with Crippen LogP contribution in [0.3, 0.4) is 0 Å². The molecule has 0 bridgehead atoms. The summed E-state index contributed by atoms with van der Waals surface area (Å²) in [5.74, 6) is -0.186. The molecule has 1 amide bonds. The summed E-state index contributed by atoms with van der Waals surface area (Å²) >= 11 is 0. The van der Waals surface area contributed by atoms with Crippen LogP contribution in [0.15, 0.2) is 53.8 Å². The lowest BCUT2D eigenvalue weighted by atomic mass is 10.3. The molecule has 2 aromatic rings. The van der Waals surface area contributed by atoms with E-state index in [4.69, 9.17) is 0 Å². The lowest BCUT2D eigenvalue weighted by molar-refractivity contribution is -0.119. The number of hydrogen-bond donors (Lipinski definition) is 2. The Hall–Kier alpha value is -2.56. The molecule has 2 N–H and O–H groups in total. The molecule has 0 radical (unpaired) electrons. The quantitative estimate of drug-likeness (QED) is 0.630. The zero-order valence-corrected chi connectivity index (χ0v) is 10.7. The number of para-hydroxylation sites is 1. The van der Waals surface area contributed by atoms with E-state index in [9.17, 15) is 4.79 Å². The van der Waals surface area contributed by atoms with Crippen molar-refractivity contribution >= 4 is 17.8 Å². The van der Waals surface area contributed by atoms with Crippen LogP contribution in [0.25, 0.3) is 0 Å². The summed E-state index contributed by atoms with van der Waals surface area (Å²) < 4.78 is 1.91. The van der Waals surface area contributed by atoms with Crippen LogP contribution in [0.2, 0.25) is 0 Å². The van der Waals surface area contributed by atoms with E-state index < -0.39 is 0 Å². The fraction of sp³-hybridized carbons (Fsp3) is 0.143. The van der Waals surface area contributed by atoms with E-state index in [0.29, 0.717) is 0 Å². The molecule has 1 aromatic carbocycles. The number of carbonyl (C=O) groups is 1. The van der Waals surface area contributed by atoms with Gasteiger partial charge < -0.3 is 9.88 Å². The second-order valence-electron chi connectivity index (χ2n) is 4.06. The standard InChI is InChI=1S/C14H16N4O/c1-18-9-5-8-13(18)10-16-17-14(19)11-15-12-6-3-2-4-7-12/h2-10,15H,11H2,1H3,(H,17,19)/b16-10-. The van der Waals surface area contributed by atoms with Crippen LogP contribution in [0.5, 0.6) is 0 Å². The summed E-state index contributed by atoms with van der Waals surface area (Å²) in [6.45, 7) is 0.189. The highest BCUT2D eigenvalue weighted by Gasteiger charge is 1.98. The molecule has 19 heavy (non-hydrogen) atoms. The number of benzene rings is 1. The third-order valence-electron chi connectivity index (χ3n) is 2.60. The predicted octanol–water partition coefficient (Wildman–Crippen LogP) is 1.59. The largest absolute Gasteiger partial charge is 0.376 e. The molecular formula is C14H16N4O. The molecule has 0 aliphatic carbocycles. The van der Waals surface area contributed by atoms with Gasteiger partial charge in [0.05, 0.1) is 18.5 Å². The van der Waals surface area contributed by atoms with Gasteiger partial charge in [-0.1, -0.05) is 18.2 Å². The highest BCUT2D eigenvalue weighted by Crippen LogP contribution is 2.03. The van der Waals surface area contributed by atoms with Crippen LogP contribution in [0, 0.1) is 0 Å². The van der Waals surface area contributed by atoms with E-state index in [0.717, 1.165) is 11.4 Å². The maximum Gasteiger partial charge on any atom is 0.259 e. The van der Waals surface area contributed by atoms with Gasteiger partial charge in [0, 0.05) is 18.9 Å². The molecule has 1 aromatic heterocycles. The molecule has 1 heterocycles. The summed E-state index contributed by atoms with van der Waals surface area (Å²) in [6.07, 6.45) is 3.53. The summed E-state index contributed by atoms with van der Waals surface area (Å²) in [6, 6.07) is 13.4. The minimum Gasteiger partial charge on any atom is -0.376 e. The summed E-state index contributed by atoms with van der Waals surface area (Å²) in [5.41, 5.74) is 4.31. The number of carbonyl (C=O) groups excluding carboxylic acids is 1.